The predicted molar refractivity (Wildman–Crippen MR) is 44.5 cm³/mol. The average Bonchev–Trinajstić information content (AvgIpc) is 2.53. The molecule has 0 bridgehead atoms. The van der Waals surface area contributed by atoms with Crippen LogP contribution in [0.1, 0.15) is 6.42 Å². The van der Waals surface area contributed by atoms with Gasteiger partial charge in [-0.15, -0.1) is 0 Å². The summed E-state index contributed by atoms with van der Waals surface area (Å²) in [5.41, 5.74) is 0. The summed E-state index contributed by atoms with van der Waals surface area (Å²) in [5.74, 6) is 5.23. The van der Waals surface area contributed by atoms with Gasteiger partial charge in [0, 0.05) is 12.5 Å². The van der Waals surface area contributed by atoms with Gasteiger partial charge in [-0.2, -0.15) is 0 Å². The first-order chi connectivity index (χ1) is 5.86. The fourth-order valence-corrected chi connectivity index (χ4v) is 1.32. The van der Waals surface area contributed by atoms with E-state index in [0.29, 0.717) is 12.8 Å². The van der Waals surface area contributed by atoms with Gasteiger partial charge in [0.1, 0.15) is 6.29 Å². The zero-order valence-corrected chi connectivity index (χ0v) is 6.82. The molecule has 1 aliphatic rings. The Morgan fingerprint density at radius 1 is 1.50 bits per heavy atom. The zero-order valence-electron chi connectivity index (χ0n) is 6.82. The first-order valence-corrected chi connectivity index (χ1v) is 3.96. The van der Waals surface area contributed by atoms with E-state index >= 15 is 0 Å². The van der Waals surface area contributed by atoms with E-state index in [1.165, 1.54) is 0 Å². The fraction of sp³-hybridized carbons (Fsp3) is 0.556. The molecule has 1 aliphatic heterocycles. The van der Waals surface area contributed by atoms with Crippen molar-refractivity contribution in [2.24, 2.45) is 5.92 Å². The molecule has 3 heteroatoms. The molecule has 1 unspecified atom stereocenters. The Morgan fingerprint density at radius 2 is 2.33 bits per heavy atom. The fourth-order valence-electron chi connectivity index (χ4n) is 1.32. The van der Waals surface area contributed by atoms with E-state index in [1.54, 1.807) is 0 Å². The van der Waals surface area contributed by atoms with Crippen molar-refractivity contribution in [2.75, 3.05) is 19.6 Å². The van der Waals surface area contributed by atoms with Gasteiger partial charge in [-0.1, -0.05) is 5.92 Å². The maximum atomic E-state index is 10.4. The normalized spacial score (nSPS) is 22.8. The van der Waals surface area contributed by atoms with Gasteiger partial charge in [0.25, 0.3) is 0 Å². The second kappa shape index (κ2) is 4.68. The lowest BCUT2D eigenvalue weighted by molar-refractivity contribution is -0.110. The Hall–Kier alpha value is -1.14. The van der Waals surface area contributed by atoms with Crippen LogP contribution in [0.4, 0.5) is 0 Å². The number of hydrogen-bond acceptors (Lipinski definition) is 3. The summed E-state index contributed by atoms with van der Waals surface area (Å²) in [4.78, 5) is 22.3. The van der Waals surface area contributed by atoms with Crippen LogP contribution in [0.15, 0.2) is 0 Å². The van der Waals surface area contributed by atoms with Gasteiger partial charge < -0.3 is 4.79 Å². The first-order valence-electron chi connectivity index (χ1n) is 3.96. The third kappa shape index (κ3) is 2.48. The molecule has 64 valence electrons. The van der Waals surface area contributed by atoms with Gasteiger partial charge in [-0.05, 0) is 18.9 Å². The van der Waals surface area contributed by atoms with Gasteiger partial charge >= 0.3 is 0 Å². The van der Waals surface area contributed by atoms with E-state index in [0.717, 1.165) is 25.8 Å². The lowest BCUT2D eigenvalue weighted by Gasteiger charge is -2.08. The molecular weight excluding hydrogens is 154 g/mol. The van der Waals surface area contributed by atoms with Gasteiger partial charge in [0.05, 0.1) is 6.54 Å². The predicted octanol–water partition coefficient (Wildman–Crippen LogP) is -0.291. The summed E-state index contributed by atoms with van der Waals surface area (Å²) in [6.45, 7) is 2.30. The van der Waals surface area contributed by atoms with E-state index in [1.807, 2.05) is 0 Å². The molecule has 0 amide bonds. The highest BCUT2D eigenvalue weighted by molar-refractivity contribution is 5.72. The van der Waals surface area contributed by atoms with Gasteiger partial charge in [0.2, 0.25) is 0 Å². The van der Waals surface area contributed by atoms with Crippen molar-refractivity contribution >= 4 is 12.6 Å². The second-order valence-corrected chi connectivity index (χ2v) is 2.86. The minimum Gasteiger partial charge on any atom is -0.303 e. The molecule has 0 saturated carbocycles. The van der Waals surface area contributed by atoms with Crippen molar-refractivity contribution in [1.29, 1.82) is 0 Å². The van der Waals surface area contributed by atoms with E-state index < -0.39 is 0 Å². The molecule has 1 atom stereocenters. The smallest absolute Gasteiger partial charge is 0.192 e. The summed E-state index contributed by atoms with van der Waals surface area (Å²) >= 11 is 0. The number of carbonyl (C=O) groups excluding carboxylic acids is 2. The summed E-state index contributed by atoms with van der Waals surface area (Å²) < 4.78 is 0. The molecule has 1 saturated heterocycles. The molecule has 0 radical (unpaired) electrons. The number of nitrogens with zero attached hydrogens (tertiary/aromatic N) is 1. The van der Waals surface area contributed by atoms with Crippen molar-refractivity contribution < 1.29 is 9.59 Å². The number of hydrogen-bond donors (Lipinski definition) is 0. The Morgan fingerprint density at radius 3 is 2.92 bits per heavy atom. The van der Waals surface area contributed by atoms with Gasteiger partial charge in [-0.3, -0.25) is 9.69 Å². The molecule has 1 heterocycles. The van der Waals surface area contributed by atoms with Crippen LogP contribution < -0.4 is 0 Å². The van der Waals surface area contributed by atoms with Crippen LogP contribution in [0.3, 0.4) is 0 Å². The average molecular weight is 165 g/mol. The van der Waals surface area contributed by atoms with E-state index in [2.05, 4.69) is 16.7 Å². The highest BCUT2D eigenvalue weighted by Gasteiger charge is 2.20. The molecule has 0 aromatic carbocycles. The Labute approximate surface area is 71.7 Å². The third-order valence-electron chi connectivity index (χ3n) is 1.96. The highest BCUT2D eigenvalue weighted by atomic mass is 16.1. The van der Waals surface area contributed by atoms with Crippen molar-refractivity contribution in [2.45, 2.75) is 6.42 Å². The number of likely N-dealkylation sites (tertiary alicyclic amines) is 1. The molecule has 3 nitrogen and oxygen atoms in total. The topological polar surface area (TPSA) is 37.4 Å². The lowest BCUT2D eigenvalue weighted by atomic mass is 10.1. The van der Waals surface area contributed by atoms with Gasteiger partial charge in [-0.25, -0.2) is 0 Å². The van der Waals surface area contributed by atoms with Crippen LogP contribution >= 0.6 is 0 Å². The van der Waals surface area contributed by atoms with Crippen molar-refractivity contribution in [3.8, 4) is 11.8 Å². The van der Waals surface area contributed by atoms with E-state index in [-0.39, 0.29) is 5.92 Å². The highest BCUT2D eigenvalue weighted by Crippen LogP contribution is 2.12. The Bertz CT molecular complexity index is 226. The van der Waals surface area contributed by atoms with Crippen LogP contribution in [0.5, 0.6) is 0 Å². The third-order valence-corrected chi connectivity index (χ3v) is 1.96. The van der Waals surface area contributed by atoms with E-state index in [9.17, 15) is 9.59 Å². The summed E-state index contributed by atoms with van der Waals surface area (Å²) in [7, 11) is 0. The van der Waals surface area contributed by atoms with Crippen LogP contribution in [-0.2, 0) is 9.59 Å². The quantitative estimate of drug-likeness (QED) is 0.417. The minimum atomic E-state index is 0.169. The van der Waals surface area contributed by atoms with Crippen LogP contribution in [0.25, 0.3) is 0 Å². The minimum absolute atomic E-state index is 0.169. The molecule has 1 rings (SSSR count). The van der Waals surface area contributed by atoms with Crippen LogP contribution in [0.2, 0.25) is 0 Å². The lowest BCUT2D eigenvalue weighted by Crippen LogP contribution is -2.21. The summed E-state index contributed by atoms with van der Waals surface area (Å²) in [5, 5.41) is 0. The molecule has 0 aromatic heterocycles. The molecular formula is C9H11NO2. The molecule has 0 N–H and O–H groups in total. The molecule has 0 spiro atoms. The van der Waals surface area contributed by atoms with Crippen molar-refractivity contribution in [3.63, 3.8) is 0 Å². The van der Waals surface area contributed by atoms with Crippen LogP contribution in [0, 0.1) is 17.8 Å². The largest absolute Gasteiger partial charge is 0.303 e. The zero-order chi connectivity index (χ0) is 8.81. The Kier molecular flexibility index (Phi) is 3.49. The van der Waals surface area contributed by atoms with Gasteiger partial charge in [0.15, 0.2) is 6.29 Å². The number of rotatable bonds is 2. The van der Waals surface area contributed by atoms with Crippen molar-refractivity contribution in [3.05, 3.63) is 0 Å². The summed E-state index contributed by atoms with van der Waals surface area (Å²) in [6.07, 6.45) is 2.51. The molecule has 0 aliphatic carbocycles. The SMILES string of the molecule is O=CC#CCN1CCC(C=O)C1. The maximum absolute atomic E-state index is 10.4. The second-order valence-electron chi connectivity index (χ2n) is 2.86. The van der Waals surface area contributed by atoms with E-state index in [4.69, 9.17) is 0 Å². The standard InChI is InChI=1S/C9H11NO2/c11-6-2-1-4-10-5-3-9(7-10)8-12/h6,8-9H,3-5,7H2. The first kappa shape index (κ1) is 8.95. The number of carbonyl (C=O) groups is 2. The molecule has 12 heavy (non-hydrogen) atoms. The number of aldehydes is 2. The maximum Gasteiger partial charge on any atom is 0.192 e. The molecule has 0 aromatic rings. The summed E-state index contributed by atoms with van der Waals surface area (Å²) in [6, 6.07) is 0. The monoisotopic (exact) mass is 165 g/mol. The molecule has 1 fully saturated rings. The van der Waals surface area contributed by atoms with Crippen LogP contribution in [-0.4, -0.2) is 37.1 Å². The Balaban J connectivity index is 2.27. The van der Waals surface area contributed by atoms with Crippen molar-refractivity contribution in [1.82, 2.24) is 4.90 Å².